The van der Waals surface area contributed by atoms with Gasteiger partial charge in [0, 0.05) is 43.2 Å². The van der Waals surface area contributed by atoms with Crippen molar-refractivity contribution in [2.75, 3.05) is 42.8 Å². The molecule has 0 bridgehead atoms. The maximum absolute atomic E-state index is 13.6. The molecular formula is C43H55N7O8. The largest absolute Gasteiger partial charge is 0.453 e. The van der Waals surface area contributed by atoms with E-state index in [2.05, 4.69) is 30.9 Å². The minimum atomic E-state index is -0.862. The Labute approximate surface area is 339 Å². The van der Waals surface area contributed by atoms with Crippen LogP contribution in [0.1, 0.15) is 64.5 Å². The number of carbonyl (C=O) groups is 6. The smallest absolute Gasteiger partial charge is 0.407 e. The van der Waals surface area contributed by atoms with E-state index in [1.54, 1.807) is 11.8 Å². The summed E-state index contributed by atoms with van der Waals surface area (Å²) in [4.78, 5) is 82.4. The summed E-state index contributed by atoms with van der Waals surface area (Å²) in [5, 5.41) is 11.0. The topological polar surface area (TPSA) is 179 Å². The van der Waals surface area contributed by atoms with Gasteiger partial charge in [-0.1, -0.05) is 63.2 Å². The van der Waals surface area contributed by atoms with E-state index in [4.69, 9.17) is 4.74 Å². The van der Waals surface area contributed by atoms with Crippen molar-refractivity contribution in [2.24, 2.45) is 5.41 Å². The van der Waals surface area contributed by atoms with Crippen LogP contribution in [0.2, 0.25) is 0 Å². The highest BCUT2D eigenvalue weighted by atomic mass is 16.5. The van der Waals surface area contributed by atoms with Crippen molar-refractivity contribution >= 4 is 52.9 Å². The lowest BCUT2D eigenvalue weighted by molar-refractivity contribution is -0.140. The fourth-order valence-electron chi connectivity index (χ4n) is 7.30. The third-order valence-electron chi connectivity index (χ3n) is 10.4. The number of rotatable bonds is 13. The summed E-state index contributed by atoms with van der Waals surface area (Å²) in [5.74, 6) is -1.24. The minimum Gasteiger partial charge on any atom is -0.453 e. The third-order valence-corrected chi connectivity index (χ3v) is 10.4. The van der Waals surface area contributed by atoms with Crippen molar-refractivity contribution < 1.29 is 38.2 Å². The molecule has 0 radical (unpaired) electrons. The molecule has 4 atom stereocenters. The van der Waals surface area contributed by atoms with Crippen LogP contribution in [0.5, 0.6) is 0 Å². The fraction of sp³-hybridized carbons (Fsp3) is 0.442. The van der Waals surface area contributed by atoms with Gasteiger partial charge in [-0.3, -0.25) is 19.2 Å². The van der Waals surface area contributed by atoms with E-state index >= 15 is 0 Å². The molecule has 4 unspecified atom stereocenters. The Morgan fingerprint density at radius 3 is 1.57 bits per heavy atom. The van der Waals surface area contributed by atoms with E-state index in [1.807, 2.05) is 99.6 Å². The first kappa shape index (κ1) is 43.0. The molecule has 3 aromatic rings. The Morgan fingerprint density at radius 2 is 1.12 bits per heavy atom. The summed E-state index contributed by atoms with van der Waals surface area (Å²) < 4.78 is 9.35. The number of likely N-dealkylation sites (tertiary alicyclic amines) is 2. The van der Waals surface area contributed by atoms with Crippen molar-refractivity contribution in [3.05, 3.63) is 90.0 Å². The number of nitrogens with one attached hydrogen (secondary N) is 4. The molecule has 5 rings (SSSR count). The molecule has 0 spiro atoms. The van der Waals surface area contributed by atoms with E-state index < -0.39 is 41.8 Å². The minimum absolute atomic E-state index is 0.286. The number of benzene rings is 3. The van der Waals surface area contributed by atoms with Crippen molar-refractivity contribution in [3.63, 3.8) is 0 Å². The molecule has 4 N–H and O–H groups in total. The number of hydrogen-bond acceptors (Lipinski definition) is 9. The van der Waals surface area contributed by atoms with Crippen LogP contribution in [0.3, 0.4) is 0 Å². The molecule has 2 saturated heterocycles. The number of hydrogen-bond donors (Lipinski definition) is 4. The van der Waals surface area contributed by atoms with Crippen LogP contribution in [0.15, 0.2) is 78.9 Å². The Balaban J connectivity index is 1.20. The average molecular weight is 798 g/mol. The molecule has 6 amide bonds. The lowest BCUT2D eigenvalue weighted by atomic mass is 9.85. The summed E-state index contributed by atoms with van der Waals surface area (Å²) in [5.41, 5.74) is 3.65. The van der Waals surface area contributed by atoms with Gasteiger partial charge in [0.25, 0.3) is 0 Å². The Kier molecular flexibility index (Phi) is 14.4. The zero-order valence-electron chi connectivity index (χ0n) is 34.1. The number of para-hydroxylation sites is 1. The van der Waals surface area contributed by atoms with Crippen LogP contribution in [0, 0.1) is 5.41 Å². The van der Waals surface area contributed by atoms with Crippen molar-refractivity contribution in [3.8, 4) is 0 Å². The zero-order chi connectivity index (χ0) is 42.0. The second kappa shape index (κ2) is 19.4. The zero-order valence-corrected chi connectivity index (χ0v) is 34.1. The van der Waals surface area contributed by atoms with Crippen molar-refractivity contribution in [2.45, 2.75) is 90.6 Å². The Bertz CT molecular complexity index is 1920. The highest BCUT2D eigenvalue weighted by Crippen LogP contribution is 2.28. The van der Waals surface area contributed by atoms with Gasteiger partial charge in [0.2, 0.25) is 23.6 Å². The quantitative estimate of drug-likeness (QED) is 0.179. The Morgan fingerprint density at radius 1 is 0.672 bits per heavy atom. The van der Waals surface area contributed by atoms with Gasteiger partial charge in [-0.2, -0.15) is 0 Å². The monoisotopic (exact) mass is 797 g/mol. The molecule has 2 heterocycles. The third kappa shape index (κ3) is 11.0. The van der Waals surface area contributed by atoms with Crippen LogP contribution >= 0.6 is 0 Å². The highest BCUT2D eigenvalue weighted by molar-refractivity contribution is 5.99. The van der Waals surface area contributed by atoms with E-state index in [1.165, 1.54) is 19.1 Å². The first-order valence-electron chi connectivity index (χ1n) is 19.6. The summed E-state index contributed by atoms with van der Waals surface area (Å²) in [6, 6.07) is 22.2. The first-order chi connectivity index (χ1) is 27.7. The molecule has 2 aliphatic heterocycles. The van der Waals surface area contributed by atoms with Gasteiger partial charge in [0.15, 0.2) is 0 Å². The number of carbonyl (C=O) groups excluding carboxylic acids is 6. The van der Waals surface area contributed by atoms with Gasteiger partial charge < -0.3 is 45.4 Å². The maximum Gasteiger partial charge on any atom is 0.407 e. The molecule has 3 aromatic carbocycles. The second-order valence-corrected chi connectivity index (χ2v) is 15.7. The fourth-order valence-corrected chi connectivity index (χ4v) is 7.30. The second-order valence-electron chi connectivity index (χ2n) is 15.7. The van der Waals surface area contributed by atoms with Crippen molar-refractivity contribution in [1.29, 1.82) is 0 Å². The number of alkyl carbamates (subject to hydrolysis) is 2. The van der Waals surface area contributed by atoms with Crippen LogP contribution in [0.4, 0.5) is 26.7 Å². The maximum atomic E-state index is 13.6. The van der Waals surface area contributed by atoms with Crippen LogP contribution in [0.25, 0.3) is 0 Å². The molecule has 2 fully saturated rings. The number of anilines is 3. The van der Waals surface area contributed by atoms with Gasteiger partial charge >= 0.3 is 12.2 Å². The predicted octanol–water partition coefficient (Wildman–Crippen LogP) is 5.27. The van der Waals surface area contributed by atoms with Gasteiger partial charge in [-0.25, -0.2) is 9.59 Å². The lowest BCUT2D eigenvalue weighted by Crippen LogP contribution is -2.57. The van der Waals surface area contributed by atoms with E-state index in [0.29, 0.717) is 63.2 Å². The number of ether oxygens (including phenoxy) is 2. The SMILES string of the molecule is COC(=O)NC(C)C(=O)N1CCCC1C(=O)Nc1ccc(CN(Cc2ccc(NC(=O)C3CCCN3C(=O)C(NC(=O)OC)C(C)(C)C)cc2)c2ccccc2)cc1. The highest BCUT2D eigenvalue weighted by Gasteiger charge is 2.42. The standard InChI is InChI=1S/C43H55N7O8/c1-28(44-41(55)57-5)39(53)49-24-10-14-34(49)37(51)45-31-20-16-29(17-21-31)26-48(33-12-8-7-9-13-33)27-30-18-22-32(23-19-30)46-38(52)35-15-11-25-50(35)40(54)36(43(2,3)4)47-42(56)58-6/h7-9,12-13,16-23,28,34-36H,10-11,14-15,24-27H2,1-6H3,(H,44,55)(H,45,51)(H,46,52)(H,47,56). The summed E-state index contributed by atoms with van der Waals surface area (Å²) in [7, 11) is 2.47. The normalized spacial score (nSPS) is 17.4. The number of nitrogens with zero attached hydrogens (tertiary/aromatic N) is 3. The van der Waals surface area contributed by atoms with Crippen LogP contribution in [-0.2, 0) is 41.7 Å². The van der Waals surface area contributed by atoms with Gasteiger partial charge in [-0.15, -0.1) is 0 Å². The van der Waals surface area contributed by atoms with Crippen LogP contribution < -0.4 is 26.2 Å². The number of amides is 6. The summed E-state index contributed by atoms with van der Waals surface area (Å²) in [6.07, 6.45) is 0.975. The first-order valence-corrected chi connectivity index (χ1v) is 19.6. The molecule has 2 aliphatic rings. The predicted molar refractivity (Wildman–Crippen MR) is 220 cm³/mol. The lowest BCUT2D eigenvalue weighted by Gasteiger charge is -2.35. The Hall–Kier alpha value is -6.12. The van der Waals surface area contributed by atoms with Gasteiger partial charge in [-0.05, 0) is 85.5 Å². The van der Waals surface area contributed by atoms with Gasteiger partial charge in [0.1, 0.15) is 24.2 Å². The van der Waals surface area contributed by atoms with Crippen molar-refractivity contribution in [1.82, 2.24) is 20.4 Å². The van der Waals surface area contributed by atoms with E-state index in [-0.39, 0.29) is 23.6 Å². The molecule has 58 heavy (non-hydrogen) atoms. The molecule has 0 saturated carbocycles. The molecule has 0 aliphatic carbocycles. The molecule has 310 valence electrons. The molecule has 0 aromatic heterocycles. The van der Waals surface area contributed by atoms with Crippen LogP contribution in [-0.4, -0.2) is 97.1 Å². The molecule has 15 nitrogen and oxygen atoms in total. The molecule has 15 heteroatoms. The summed E-state index contributed by atoms with van der Waals surface area (Å²) in [6.45, 7) is 9.09. The van der Waals surface area contributed by atoms with Gasteiger partial charge in [0.05, 0.1) is 14.2 Å². The van der Waals surface area contributed by atoms with E-state index in [9.17, 15) is 28.8 Å². The molecular weight excluding hydrogens is 743 g/mol. The van der Waals surface area contributed by atoms with E-state index in [0.717, 1.165) is 16.8 Å². The number of methoxy groups -OCH3 is 2. The average Bonchev–Trinajstić information content (AvgIpc) is 3.92. The summed E-state index contributed by atoms with van der Waals surface area (Å²) >= 11 is 0.